The molecule has 10 atom stereocenters. The normalized spacial score (nSPS) is 16.1. The second kappa shape index (κ2) is 107. The molecule has 0 spiro atoms. The Morgan fingerprint density at radius 2 is 0.511 bits per heavy atom. The fourth-order valence-corrected chi connectivity index (χ4v) is 19.1. The van der Waals surface area contributed by atoms with Crippen LogP contribution in [0.3, 0.4) is 0 Å². The third-order valence-corrected chi connectivity index (χ3v) is 30.1. The zero-order valence-electron chi connectivity index (χ0n) is 96.6. The van der Waals surface area contributed by atoms with Crippen molar-refractivity contribution in [3.8, 4) is 0 Å². The Labute approximate surface area is 914 Å². The van der Waals surface area contributed by atoms with E-state index in [1.165, 1.54) is 140 Å². The second-order valence-electron chi connectivity index (χ2n) is 41.0. The molecule has 0 aliphatic rings. The summed E-state index contributed by atoms with van der Waals surface area (Å²) in [5, 5.41) is 0. The Morgan fingerprint density at radius 3 is 0.794 bits per heavy atom. The van der Waals surface area contributed by atoms with E-state index in [2.05, 4.69) is 178 Å². The zero-order chi connectivity index (χ0) is 106. The van der Waals surface area contributed by atoms with Gasteiger partial charge in [-0.25, -0.2) is 13.7 Å². The molecule has 141 heavy (non-hydrogen) atoms. The number of ether oxygens (including phenoxy) is 4. The van der Waals surface area contributed by atoms with Crippen LogP contribution in [0.1, 0.15) is 475 Å². The molecule has 24 nitrogen and oxygen atoms in total. The maximum Gasteiger partial charge on any atom is 1.00 e. The Morgan fingerprint density at radius 1 is 0.255 bits per heavy atom. The van der Waals surface area contributed by atoms with Crippen LogP contribution >= 0.6 is 39.1 Å². The van der Waals surface area contributed by atoms with Crippen molar-refractivity contribution in [2.45, 2.75) is 475 Å². The standard InChI is InChI=1S/C30H63O4P.C24H51O8P.C20H35O4P.C20H43O4P.C16H35O4P.2Na/c1-25(2)13-9-15-27(5)17-11-19-29(7)21-23-33-35(31,32)34-24-22-30(8)20-12-18-28(6)16-10-14-26(3)4;1-5-9-11-23(7-3)21-29-15-13-27-17-19-31-33(25,26)32-20-18-28-14-16-30-22-24(8-4)12-10-6-2;1-17(2)9-7-11-19(5)13-15-23-25(21,22)24-16-14-20(6)12-8-10-18(3)4;1-5-9-11-15-19(13-7-3)17-23-25(21,22)24-18-20(14-8-4)16-12-10-6-2;1-5-9-11-15(7-3)13-19-21(17,18)20-14-16(8-4)12-10-6-2;;/h25-30H,9-24H2,1-8H3,(H,31,32);23-24H,5-22H2,1-4H3,(H,25,26);9-10,13-14H,7-8,11-12,15-16H2,1-6H3,(H,21,22);19-20H,5-18H2,1-4H3,(H,21,22);15-16H,5-14H2,1-4H3,(H,17,18);;/q;;;;;2*+1/p-2/b;;19-13+,20-14+;;;;. The number of rotatable bonds is 94. The maximum absolute atomic E-state index is 12.2. The van der Waals surface area contributed by atoms with E-state index >= 15 is 0 Å². The predicted molar refractivity (Wildman–Crippen MR) is 582 cm³/mol. The fraction of sp³-hybridized carbons (Fsp3) is 0.927. The molecule has 0 saturated carbocycles. The Bertz CT molecular complexity index is 2880. The van der Waals surface area contributed by atoms with E-state index in [1.54, 1.807) is 12.2 Å². The van der Waals surface area contributed by atoms with E-state index in [0.717, 1.165) is 215 Å². The number of hydrogen-bond donors (Lipinski definition) is 3. The summed E-state index contributed by atoms with van der Waals surface area (Å²) >= 11 is 0. The van der Waals surface area contributed by atoms with E-state index < -0.39 is 39.1 Å². The molecule has 0 radical (unpaired) electrons. The van der Waals surface area contributed by atoms with Crippen molar-refractivity contribution < 1.29 is 171 Å². The quantitative estimate of drug-likeness (QED) is 0.0220. The molecular formula is C110H225Na2O24P5. The van der Waals surface area contributed by atoms with Crippen LogP contribution in [0.4, 0.5) is 0 Å². The van der Waals surface area contributed by atoms with Crippen molar-refractivity contribution in [1.29, 1.82) is 0 Å². The summed E-state index contributed by atoms with van der Waals surface area (Å²) < 4.78 is 133. The van der Waals surface area contributed by atoms with Gasteiger partial charge in [0.15, 0.2) is 0 Å². The van der Waals surface area contributed by atoms with Crippen molar-refractivity contribution in [1.82, 2.24) is 0 Å². The summed E-state index contributed by atoms with van der Waals surface area (Å²) in [4.78, 5) is 53.2. The summed E-state index contributed by atoms with van der Waals surface area (Å²) in [5.74, 6) is 6.74. The molecule has 31 heteroatoms. The van der Waals surface area contributed by atoms with Crippen molar-refractivity contribution in [3.63, 3.8) is 0 Å². The van der Waals surface area contributed by atoms with E-state index in [9.17, 15) is 47.3 Å². The summed E-state index contributed by atoms with van der Waals surface area (Å²) in [6.45, 7) is 61.9. The molecule has 0 aromatic carbocycles. The number of phosphoric acid groups is 5. The van der Waals surface area contributed by atoms with Gasteiger partial charge in [0.05, 0.1) is 106 Å². The first kappa shape index (κ1) is 155. The molecule has 0 aromatic heterocycles. The minimum absolute atomic E-state index is 0. The van der Waals surface area contributed by atoms with Crippen LogP contribution in [0.25, 0.3) is 0 Å². The van der Waals surface area contributed by atoms with Crippen LogP contribution in [0.2, 0.25) is 0 Å². The molecule has 0 rings (SSSR count). The van der Waals surface area contributed by atoms with Crippen molar-refractivity contribution >= 4 is 39.1 Å². The van der Waals surface area contributed by atoms with Crippen molar-refractivity contribution in [2.24, 2.45) is 71.0 Å². The molecular weight excluding hydrogens is 1910 g/mol. The molecule has 0 saturated heterocycles. The Balaban J connectivity index is -0.000000321. The second-order valence-corrected chi connectivity index (χ2v) is 48.2. The first-order valence-corrected chi connectivity index (χ1v) is 63.3. The van der Waals surface area contributed by atoms with E-state index in [-0.39, 0.29) is 112 Å². The minimum Gasteiger partial charge on any atom is -0.756 e. The SMILES string of the molecule is CC(C)=CCC/C(C)=C/COP(=O)([O-])OC/C=C(\C)CCC=C(C)C.CC(C)CCCC(C)CCCC(C)CCOP(=O)([O-])OCCC(C)CCCC(C)CCCC(C)C.CCCCC(CC)COCCOCCOP(=O)(O)OCCOCCOCC(CC)CCCC.CCCCC(CC)COP(=O)(O)OCC(CC)CCCC.CCCCCC(CCC)COP(=O)(O)OCC(CCC)CCCCC.[Na+].[Na+]. The number of unbranched alkanes of at least 4 members (excludes halogenated alkanes) is 8. The molecule has 0 heterocycles. The molecule has 10 unspecified atom stereocenters. The third kappa shape index (κ3) is 117. The summed E-state index contributed by atoms with van der Waals surface area (Å²) in [5.41, 5.74) is 4.77. The van der Waals surface area contributed by atoms with Gasteiger partial charge in [0.25, 0.3) is 15.6 Å². The average molecular weight is 2130 g/mol. The molecule has 0 fully saturated rings. The topological polar surface area (TPSA) is 321 Å². The average Bonchev–Trinajstić information content (AvgIpc) is 0.934. The van der Waals surface area contributed by atoms with Crippen LogP contribution in [-0.4, -0.2) is 134 Å². The number of phosphoric ester groups is 5. The first-order chi connectivity index (χ1) is 66.0. The van der Waals surface area contributed by atoms with Gasteiger partial charge in [-0.15, -0.1) is 0 Å². The van der Waals surface area contributed by atoms with Gasteiger partial charge in [-0.3, -0.25) is 36.3 Å². The van der Waals surface area contributed by atoms with Crippen LogP contribution in [-0.2, 0) is 87.0 Å². The minimum atomic E-state index is -4.25. The molecule has 0 aliphatic carbocycles. The molecule has 0 amide bonds. The van der Waals surface area contributed by atoms with Gasteiger partial charge >= 0.3 is 82.6 Å². The molecule has 3 N–H and O–H groups in total. The van der Waals surface area contributed by atoms with Gasteiger partial charge in [-0.2, -0.15) is 0 Å². The molecule has 0 bridgehead atoms. The van der Waals surface area contributed by atoms with Crippen molar-refractivity contribution in [3.05, 3.63) is 46.6 Å². The van der Waals surface area contributed by atoms with Gasteiger partial charge in [0.1, 0.15) is 0 Å². The van der Waals surface area contributed by atoms with Gasteiger partial charge in [-0.05, 0) is 202 Å². The van der Waals surface area contributed by atoms with Crippen LogP contribution in [0.15, 0.2) is 46.6 Å². The maximum atomic E-state index is 12.2. The molecule has 836 valence electrons. The third-order valence-electron chi connectivity index (χ3n) is 25.3. The van der Waals surface area contributed by atoms with Gasteiger partial charge in [-0.1, -0.05) is 391 Å². The largest absolute Gasteiger partial charge is 1.00 e. The van der Waals surface area contributed by atoms with Gasteiger partial charge in [0, 0.05) is 13.2 Å². The van der Waals surface area contributed by atoms with E-state index in [1.807, 2.05) is 13.8 Å². The Hall–Kier alpha value is 1.35. The summed E-state index contributed by atoms with van der Waals surface area (Å²) in [6, 6.07) is 0. The van der Waals surface area contributed by atoms with Crippen molar-refractivity contribution in [2.75, 3.05) is 119 Å². The summed E-state index contributed by atoms with van der Waals surface area (Å²) in [7, 11) is -20.3. The molecule has 0 aliphatic heterocycles. The first-order valence-electron chi connectivity index (χ1n) is 55.9. The van der Waals surface area contributed by atoms with Crippen LogP contribution < -0.4 is 68.9 Å². The number of allylic oxidation sites excluding steroid dienone is 6. The van der Waals surface area contributed by atoms with Gasteiger partial charge < -0.3 is 61.5 Å². The summed E-state index contributed by atoms with van der Waals surface area (Å²) in [6.07, 6.45) is 59.9. The zero-order valence-corrected chi connectivity index (χ0v) is 105. The fourth-order valence-electron chi connectivity index (χ4n) is 15.4. The smallest absolute Gasteiger partial charge is 0.756 e. The van der Waals surface area contributed by atoms with Gasteiger partial charge in [0.2, 0.25) is 0 Å². The van der Waals surface area contributed by atoms with E-state index in [4.69, 9.17) is 64.2 Å². The van der Waals surface area contributed by atoms with Crippen LogP contribution in [0.5, 0.6) is 0 Å². The number of hydrogen-bond acceptors (Lipinski definition) is 21. The van der Waals surface area contributed by atoms with Crippen LogP contribution in [0, 0.1) is 71.0 Å². The monoisotopic (exact) mass is 2130 g/mol. The van der Waals surface area contributed by atoms with E-state index in [0.29, 0.717) is 100 Å². The molecule has 0 aromatic rings. The predicted octanol–water partition coefficient (Wildman–Crippen LogP) is 28.0. The Kier molecular flexibility index (Phi) is 118.